The molecule has 3 rings (SSSR count). The van der Waals surface area contributed by atoms with E-state index < -0.39 is 11.6 Å². The maximum atomic E-state index is 14.1. The van der Waals surface area contributed by atoms with Crippen LogP contribution < -0.4 is 14.8 Å². The minimum absolute atomic E-state index is 0.0866. The SMILES string of the molecule is COc1ccc(CN[C@H](C)c2cnn(-c3ccc(F)cc3F)c2C)c(Cl)c1OC. The van der Waals surface area contributed by atoms with Crippen molar-refractivity contribution < 1.29 is 18.3 Å². The van der Waals surface area contributed by atoms with Crippen LogP contribution in [0.1, 0.15) is 29.8 Å². The maximum absolute atomic E-state index is 14.1. The summed E-state index contributed by atoms with van der Waals surface area (Å²) in [6.45, 7) is 4.30. The van der Waals surface area contributed by atoms with Gasteiger partial charge in [-0.05, 0) is 37.6 Å². The molecule has 1 heterocycles. The largest absolute Gasteiger partial charge is 0.493 e. The Morgan fingerprint density at radius 3 is 2.59 bits per heavy atom. The van der Waals surface area contributed by atoms with E-state index in [2.05, 4.69) is 10.4 Å². The average molecular weight is 422 g/mol. The number of ether oxygens (including phenoxy) is 2. The number of hydrogen-bond acceptors (Lipinski definition) is 4. The minimum Gasteiger partial charge on any atom is -0.493 e. The highest BCUT2D eigenvalue weighted by molar-refractivity contribution is 6.33. The van der Waals surface area contributed by atoms with Crippen molar-refractivity contribution >= 4 is 11.6 Å². The Kier molecular flexibility index (Phi) is 6.39. The average Bonchev–Trinajstić information content (AvgIpc) is 3.07. The Bertz CT molecular complexity index is 1020. The third-order valence-electron chi connectivity index (χ3n) is 4.82. The van der Waals surface area contributed by atoms with E-state index in [0.29, 0.717) is 23.1 Å². The van der Waals surface area contributed by atoms with Crippen molar-refractivity contribution in [3.8, 4) is 17.2 Å². The quantitative estimate of drug-likeness (QED) is 0.584. The minimum atomic E-state index is -0.666. The molecule has 0 aliphatic rings. The summed E-state index contributed by atoms with van der Waals surface area (Å²) in [7, 11) is 3.09. The number of hydrogen-bond donors (Lipinski definition) is 1. The smallest absolute Gasteiger partial charge is 0.179 e. The van der Waals surface area contributed by atoms with Crippen LogP contribution in [0.3, 0.4) is 0 Å². The first-order valence-corrected chi connectivity index (χ1v) is 9.37. The van der Waals surface area contributed by atoms with Gasteiger partial charge in [-0.1, -0.05) is 17.7 Å². The van der Waals surface area contributed by atoms with Crippen molar-refractivity contribution in [1.29, 1.82) is 0 Å². The standard InChI is InChI=1S/C21H22ClF2N3O2/c1-12(25-10-14-5-8-19(28-3)21(29-4)20(14)22)16-11-26-27(13(16)2)18-7-6-15(23)9-17(18)24/h5-9,11-12,25H,10H2,1-4H3/t12-/m1/s1. The highest BCUT2D eigenvalue weighted by Gasteiger charge is 2.18. The Morgan fingerprint density at radius 1 is 1.17 bits per heavy atom. The highest BCUT2D eigenvalue weighted by Crippen LogP contribution is 2.37. The zero-order valence-electron chi connectivity index (χ0n) is 16.6. The Morgan fingerprint density at radius 2 is 1.93 bits per heavy atom. The predicted molar refractivity (Wildman–Crippen MR) is 108 cm³/mol. The Balaban J connectivity index is 1.79. The van der Waals surface area contributed by atoms with E-state index in [-0.39, 0.29) is 11.7 Å². The van der Waals surface area contributed by atoms with E-state index in [9.17, 15) is 8.78 Å². The van der Waals surface area contributed by atoms with Crippen LogP contribution >= 0.6 is 11.6 Å². The van der Waals surface area contributed by atoms with E-state index in [1.54, 1.807) is 19.4 Å². The molecule has 0 bridgehead atoms. The fraction of sp³-hybridized carbons (Fsp3) is 0.286. The maximum Gasteiger partial charge on any atom is 0.179 e. The van der Waals surface area contributed by atoms with Gasteiger partial charge in [0.25, 0.3) is 0 Å². The number of rotatable bonds is 7. The zero-order chi connectivity index (χ0) is 21.1. The van der Waals surface area contributed by atoms with Crippen molar-refractivity contribution in [2.24, 2.45) is 0 Å². The summed E-state index contributed by atoms with van der Waals surface area (Å²) in [5, 5.41) is 8.14. The number of aromatic nitrogens is 2. The molecule has 154 valence electrons. The molecule has 29 heavy (non-hydrogen) atoms. The second-order valence-electron chi connectivity index (χ2n) is 6.57. The topological polar surface area (TPSA) is 48.3 Å². The molecule has 0 aliphatic heterocycles. The molecule has 0 fully saturated rings. The van der Waals surface area contributed by atoms with Gasteiger partial charge >= 0.3 is 0 Å². The molecule has 0 spiro atoms. The van der Waals surface area contributed by atoms with Crippen molar-refractivity contribution in [2.45, 2.75) is 26.4 Å². The molecule has 1 aromatic heterocycles. The molecule has 0 amide bonds. The van der Waals surface area contributed by atoms with Crippen molar-refractivity contribution in [2.75, 3.05) is 14.2 Å². The van der Waals surface area contributed by atoms with E-state index >= 15 is 0 Å². The van der Waals surface area contributed by atoms with Crippen LogP contribution in [0.25, 0.3) is 5.69 Å². The molecule has 0 aliphatic carbocycles. The number of benzene rings is 2. The Labute approximate surface area is 173 Å². The van der Waals surface area contributed by atoms with Gasteiger partial charge < -0.3 is 14.8 Å². The first-order valence-electron chi connectivity index (χ1n) is 9.00. The summed E-state index contributed by atoms with van der Waals surface area (Å²) >= 11 is 6.43. The molecule has 2 aromatic carbocycles. The molecule has 3 aromatic rings. The van der Waals surface area contributed by atoms with Gasteiger partial charge in [0.15, 0.2) is 17.3 Å². The summed E-state index contributed by atoms with van der Waals surface area (Å²) in [4.78, 5) is 0. The lowest BCUT2D eigenvalue weighted by Crippen LogP contribution is -2.19. The van der Waals surface area contributed by atoms with E-state index in [1.807, 2.05) is 19.9 Å². The van der Waals surface area contributed by atoms with E-state index in [4.69, 9.17) is 21.1 Å². The van der Waals surface area contributed by atoms with Crippen LogP contribution in [0.4, 0.5) is 8.78 Å². The molecule has 0 saturated carbocycles. The molecule has 0 saturated heterocycles. The first-order chi connectivity index (χ1) is 13.9. The summed E-state index contributed by atoms with van der Waals surface area (Å²) in [6.07, 6.45) is 1.67. The third kappa shape index (κ3) is 4.21. The van der Waals surface area contributed by atoms with Crippen LogP contribution in [0.15, 0.2) is 36.5 Å². The van der Waals surface area contributed by atoms with E-state index in [1.165, 1.54) is 23.9 Å². The second kappa shape index (κ2) is 8.80. The van der Waals surface area contributed by atoms with Crippen LogP contribution in [-0.2, 0) is 6.54 Å². The lowest BCUT2D eigenvalue weighted by atomic mass is 10.1. The lowest BCUT2D eigenvalue weighted by molar-refractivity contribution is 0.354. The van der Waals surface area contributed by atoms with Crippen LogP contribution in [0.2, 0.25) is 5.02 Å². The molecule has 8 heteroatoms. The van der Waals surface area contributed by atoms with Gasteiger partial charge in [-0.25, -0.2) is 13.5 Å². The summed E-state index contributed by atoms with van der Waals surface area (Å²) in [5.41, 5.74) is 2.70. The predicted octanol–water partition coefficient (Wildman–Crippen LogP) is 4.98. The second-order valence-corrected chi connectivity index (χ2v) is 6.95. The van der Waals surface area contributed by atoms with Gasteiger partial charge in [0.1, 0.15) is 11.5 Å². The summed E-state index contributed by atoms with van der Waals surface area (Å²) < 4.78 is 39.3. The summed E-state index contributed by atoms with van der Waals surface area (Å²) in [6, 6.07) is 7.00. The fourth-order valence-electron chi connectivity index (χ4n) is 3.18. The monoisotopic (exact) mass is 421 g/mol. The van der Waals surface area contributed by atoms with Crippen LogP contribution in [0.5, 0.6) is 11.5 Å². The lowest BCUT2D eigenvalue weighted by Gasteiger charge is -2.17. The van der Waals surface area contributed by atoms with Crippen LogP contribution in [0, 0.1) is 18.6 Å². The molecule has 1 atom stereocenters. The highest BCUT2D eigenvalue weighted by atomic mass is 35.5. The third-order valence-corrected chi connectivity index (χ3v) is 5.23. The number of nitrogens with one attached hydrogen (secondary N) is 1. The normalized spacial score (nSPS) is 12.1. The molecule has 0 unspecified atom stereocenters. The van der Waals surface area contributed by atoms with Gasteiger partial charge in [0, 0.05) is 29.9 Å². The van der Waals surface area contributed by atoms with Gasteiger partial charge in [-0.2, -0.15) is 5.10 Å². The van der Waals surface area contributed by atoms with Crippen LogP contribution in [-0.4, -0.2) is 24.0 Å². The van der Waals surface area contributed by atoms with E-state index in [0.717, 1.165) is 22.9 Å². The number of halogens is 3. The van der Waals surface area contributed by atoms with Gasteiger partial charge in [-0.15, -0.1) is 0 Å². The number of nitrogens with zero attached hydrogens (tertiary/aromatic N) is 2. The molecule has 1 N–H and O–H groups in total. The first kappa shape index (κ1) is 21.1. The molecular formula is C21H22ClF2N3O2. The van der Waals surface area contributed by atoms with Gasteiger partial charge in [0.05, 0.1) is 25.4 Å². The van der Waals surface area contributed by atoms with Crippen molar-refractivity contribution in [3.05, 3.63) is 70.0 Å². The number of methoxy groups -OCH3 is 2. The molecular weight excluding hydrogens is 400 g/mol. The Hall–Kier alpha value is -2.64. The molecule has 5 nitrogen and oxygen atoms in total. The fourth-order valence-corrected chi connectivity index (χ4v) is 3.48. The van der Waals surface area contributed by atoms with Gasteiger partial charge in [0.2, 0.25) is 0 Å². The van der Waals surface area contributed by atoms with Crippen molar-refractivity contribution in [3.63, 3.8) is 0 Å². The molecule has 0 radical (unpaired) electrons. The summed E-state index contributed by atoms with van der Waals surface area (Å²) in [5.74, 6) is -0.247. The van der Waals surface area contributed by atoms with Crippen molar-refractivity contribution in [1.82, 2.24) is 15.1 Å². The van der Waals surface area contributed by atoms with Gasteiger partial charge in [-0.3, -0.25) is 0 Å². The zero-order valence-corrected chi connectivity index (χ0v) is 17.3.